The number of thiol groups is 1. The number of nitrogens with one attached hydrogen (secondary N) is 1. The van der Waals surface area contributed by atoms with E-state index in [9.17, 15) is 10.2 Å². The molecule has 0 aliphatic rings. The van der Waals surface area contributed by atoms with E-state index in [1.807, 2.05) is 0 Å². The molecule has 0 aliphatic heterocycles. The molecule has 0 aliphatic carbocycles. The molecule has 2 atom stereocenters. The molecule has 0 fully saturated rings. The van der Waals surface area contributed by atoms with Gasteiger partial charge in [-0.1, -0.05) is 6.07 Å². The zero-order valence-electron chi connectivity index (χ0n) is 7.96. The summed E-state index contributed by atoms with van der Waals surface area (Å²) in [6, 6.07) is 5.33. The smallest absolute Gasteiger partial charge is 0.106 e. The van der Waals surface area contributed by atoms with Crippen molar-refractivity contribution in [3.05, 3.63) is 30.1 Å². The second-order valence-electron chi connectivity index (χ2n) is 3.37. The Morgan fingerprint density at radius 2 is 2.20 bits per heavy atom. The van der Waals surface area contributed by atoms with E-state index in [1.165, 1.54) is 0 Å². The molecular formula is C10H12N2O2S. The van der Waals surface area contributed by atoms with Gasteiger partial charge in [-0.3, -0.25) is 0 Å². The van der Waals surface area contributed by atoms with Gasteiger partial charge < -0.3 is 15.2 Å². The Bertz CT molecular complexity index is 457. The van der Waals surface area contributed by atoms with Crippen LogP contribution >= 0.6 is 12.6 Å². The first kappa shape index (κ1) is 10.5. The Morgan fingerprint density at radius 1 is 1.40 bits per heavy atom. The van der Waals surface area contributed by atoms with E-state index in [0.29, 0.717) is 5.56 Å². The van der Waals surface area contributed by atoms with Crippen molar-refractivity contribution in [3.8, 4) is 0 Å². The summed E-state index contributed by atoms with van der Waals surface area (Å²) in [5.41, 5.74) is 2.34. The normalized spacial score (nSPS) is 15.4. The number of hydrogen-bond acceptors (Lipinski definition) is 4. The van der Waals surface area contributed by atoms with Gasteiger partial charge in [0.2, 0.25) is 0 Å². The molecule has 0 bridgehead atoms. The second-order valence-corrected chi connectivity index (χ2v) is 3.74. The van der Waals surface area contributed by atoms with Gasteiger partial charge in [-0.2, -0.15) is 12.6 Å². The predicted molar refractivity (Wildman–Crippen MR) is 60.9 cm³/mol. The molecule has 0 spiro atoms. The van der Waals surface area contributed by atoms with Crippen LogP contribution in [0.15, 0.2) is 24.5 Å². The molecule has 2 rings (SSSR count). The summed E-state index contributed by atoms with van der Waals surface area (Å²) in [6.45, 7) is 0. The first-order valence-corrected chi connectivity index (χ1v) is 5.25. The number of aromatic amines is 1. The number of hydrogen-bond donors (Lipinski definition) is 4. The van der Waals surface area contributed by atoms with Gasteiger partial charge >= 0.3 is 0 Å². The Labute approximate surface area is 92.4 Å². The van der Waals surface area contributed by atoms with Crippen LogP contribution in [0.25, 0.3) is 11.0 Å². The molecule has 1 aromatic carbocycles. The lowest BCUT2D eigenvalue weighted by atomic mass is 10.0. The van der Waals surface area contributed by atoms with Crippen LogP contribution < -0.4 is 0 Å². The average Bonchev–Trinajstić information content (AvgIpc) is 2.73. The number of aromatic nitrogens is 2. The van der Waals surface area contributed by atoms with Crippen LogP contribution in [0.2, 0.25) is 0 Å². The van der Waals surface area contributed by atoms with Gasteiger partial charge in [0.1, 0.15) is 6.10 Å². The van der Waals surface area contributed by atoms with Crippen molar-refractivity contribution in [1.82, 2.24) is 9.97 Å². The number of fused-ring (bicyclic) bond motifs is 1. The Kier molecular flexibility index (Phi) is 2.95. The third-order valence-corrected chi connectivity index (χ3v) is 2.71. The SMILES string of the molecule is OC(CS)C(O)c1ccc2nc[nH]c2c1. The highest BCUT2D eigenvalue weighted by Crippen LogP contribution is 2.21. The fraction of sp³-hybridized carbons (Fsp3) is 0.300. The summed E-state index contributed by atoms with van der Waals surface area (Å²) in [5, 5.41) is 19.2. The number of aliphatic hydroxyl groups excluding tert-OH is 2. The van der Waals surface area contributed by atoms with Gasteiger partial charge in [0.25, 0.3) is 0 Å². The number of nitrogens with zero attached hydrogens (tertiary/aromatic N) is 1. The van der Waals surface area contributed by atoms with Crippen LogP contribution in [-0.4, -0.2) is 32.0 Å². The number of imidazole rings is 1. The Hall–Kier alpha value is -1.04. The topological polar surface area (TPSA) is 69.1 Å². The molecule has 0 saturated carbocycles. The third-order valence-electron chi connectivity index (χ3n) is 2.34. The van der Waals surface area contributed by atoms with Gasteiger partial charge in [-0.05, 0) is 17.7 Å². The molecule has 2 aromatic rings. The fourth-order valence-electron chi connectivity index (χ4n) is 1.46. The minimum atomic E-state index is -0.907. The lowest BCUT2D eigenvalue weighted by Gasteiger charge is -2.15. The predicted octanol–water partition coefficient (Wildman–Crippen LogP) is 0.887. The number of aliphatic hydroxyl groups is 2. The first-order chi connectivity index (χ1) is 7.22. The molecule has 1 heterocycles. The van der Waals surface area contributed by atoms with Crippen molar-refractivity contribution in [2.75, 3.05) is 5.75 Å². The van der Waals surface area contributed by atoms with Gasteiger partial charge in [0.15, 0.2) is 0 Å². The maximum Gasteiger partial charge on any atom is 0.106 e. The summed E-state index contributed by atoms with van der Waals surface area (Å²) in [4.78, 5) is 7.02. The lowest BCUT2D eigenvalue weighted by Crippen LogP contribution is -2.19. The van der Waals surface area contributed by atoms with Crippen LogP contribution in [0, 0.1) is 0 Å². The van der Waals surface area contributed by atoms with Crippen molar-refractivity contribution in [2.24, 2.45) is 0 Å². The molecule has 0 saturated heterocycles. The van der Waals surface area contributed by atoms with Crippen LogP contribution in [-0.2, 0) is 0 Å². The molecule has 0 radical (unpaired) electrons. The van der Waals surface area contributed by atoms with Gasteiger partial charge in [0.05, 0.1) is 23.5 Å². The van der Waals surface area contributed by atoms with Crippen molar-refractivity contribution in [2.45, 2.75) is 12.2 Å². The molecule has 15 heavy (non-hydrogen) atoms. The average molecular weight is 224 g/mol. The van der Waals surface area contributed by atoms with Gasteiger partial charge in [-0.25, -0.2) is 4.98 Å². The number of H-pyrrole nitrogens is 1. The molecule has 3 N–H and O–H groups in total. The maximum absolute atomic E-state index is 9.75. The van der Waals surface area contributed by atoms with Gasteiger partial charge in [-0.15, -0.1) is 0 Å². The fourth-order valence-corrected chi connectivity index (χ4v) is 1.66. The van der Waals surface area contributed by atoms with Crippen LogP contribution in [0.4, 0.5) is 0 Å². The summed E-state index contributed by atoms with van der Waals surface area (Å²) in [7, 11) is 0. The summed E-state index contributed by atoms with van der Waals surface area (Å²) in [6.07, 6.45) is -0.167. The van der Waals surface area contributed by atoms with E-state index in [0.717, 1.165) is 11.0 Å². The van der Waals surface area contributed by atoms with E-state index in [4.69, 9.17) is 0 Å². The molecule has 80 valence electrons. The third kappa shape index (κ3) is 1.99. The summed E-state index contributed by atoms with van der Waals surface area (Å²) >= 11 is 3.94. The van der Waals surface area contributed by atoms with E-state index in [2.05, 4.69) is 22.6 Å². The molecule has 5 heteroatoms. The van der Waals surface area contributed by atoms with E-state index in [1.54, 1.807) is 24.5 Å². The van der Waals surface area contributed by atoms with E-state index >= 15 is 0 Å². The first-order valence-electron chi connectivity index (χ1n) is 4.62. The molecular weight excluding hydrogens is 212 g/mol. The van der Waals surface area contributed by atoms with Crippen molar-refractivity contribution < 1.29 is 10.2 Å². The minimum absolute atomic E-state index is 0.224. The maximum atomic E-state index is 9.75. The molecule has 1 aromatic heterocycles. The lowest BCUT2D eigenvalue weighted by molar-refractivity contribution is 0.0338. The second kappa shape index (κ2) is 4.22. The van der Waals surface area contributed by atoms with Crippen LogP contribution in [0.5, 0.6) is 0 Å². The monoisotopic (exact) mass is 224 g/mol. The zero-order chi connectivity index (χ0) is 10.8. The highest BCUT2D eigenvalue weighted by Gasteiger charge is 2.17. The molecule has 4 nitrogen and oxygen atoms in total. The van der Waals surface area contributed by atoms with E-state index < -0.39 is 12.2 Å². The quantitative estimate of drug-likeness (QED) is 0.585. The highest BCUT2D eigenvalue weighted by atomic mass is 32.1. The van der Waals surface area contributed by atoms with Crippen LogP contribution in [0.1, 0.15) is 11.7 Å². The van der Waals surface area contributed by atoms with Crippen molar-refractivity contribution >= 4 is 23.7 Å². The number of rotatable bonds is 3. The zero-order valence-corrected chi connectivity index (χ0v) is 8.85. The molecule has 0 amide bonds. The number of benzene rings is 1. The highest BCUT2D eigenvalue weighted by molar-refractivity contribution is 7.80. The Morgan fingerprint density at radius 3 is 2.93 bits per heavy atom. The summed E-state index contributed by atoms with van der Waals surface area (Å²) < 4.78 is 0. The standard InChI is InChI=1S/C10H12N2O2S/c13-9(4-15)10(14)6-1-2-7-8(3-6)12-5-11-7/h1-3,5,9-10,13-15H,4H2,(H,11,12). The molecule has 2 unspecified atom stereocenters. The summed E-state index contributed by atoms with van der Waals surface area (Å²) in [5.74, 6) is 0.224. The largest absolute Gasteiger partial charge is 0.389 e. The van der Waals surface area contributed by atoms with Crippen LogP contribution in [0.3, 0.4) is 0 Å². The van der Waals surface area contributed by atoms with Gasteiger partial charge in [0, 0.05) is 5.75 Å². The Balaban J connectivity index is 2.35. The van der Waals surface area contributed by atoms with Crippen molar-refractivity contribution in [3.63, 3.8) is 0 Å². The minimum Gasteiger partial charge on any atom is -0.389 e. The van der Waals surface area contributed by atoms with Crippen molar-refractivity contribution in [1.29, 1.82) is 0 Å². The van der Waals surface area contributed by atoms with E-state index in [-0.39, 0.29) is 5.75 Å².